The Kier molecular flexibility index (Phi) is 5.68. The molecule has 0 aromatic carbocycles. The van der Waals surface area contributed by atoms with Crippen LogP contribution in [0.2, 0.25) is 0 Å². The smallest absolute Gasteiger partial charge is 0.322 e. The number of urea groups is 1. The summed E-state index contributed by atoms with van der Waals surface area (Å²) in [5, 5.41) is 4.81. The SMILES string of the molecule is CN(C)CCN1CCCN(c2ccc3c(n2)C=C(C2NC(=O)NC2=O)OC3)CC1. The summed E-state index contributed by atoms with van der Waals surface area (Å²) in [4.78, 5) is 35.2. The van der Waals surface area contributed by atoms with Crippen molar-refractivity contribution in [2.75, 3.05) is 58.3 Å². The molecule has 4 heterocycles. The molecule has 0 aliphatic carbocycles. The van der Waals surface area contributed by atoms with Gasteiger partial charge in [-0.2, -0.15) is 0 Å². The number of anilines is 1. The molecule has 0 radical (unpaired) electrons. The van der Waals surface area contributed by atoms with Gasteiger partial charge in [0.25, 0.3) is 5.91 Å². The Balaban J connectivity index is 1.46. The van der Waals surface area contributed by atoms with Crippen LogP contribution in [-0.4, -0.2) is 86.1 Å². The summed E-state index contributed by atoms with van der Waals surface area (Å²) in [5.74, 6) is 0.970. The van der Waals surface area contributed by atoms with Crippen molar-refractivity contribution in [3.05, 3.63) is 29.1 Å². The monoisotopic (exact) mass is 400 g/mol. The summed E-state index contributed by atoms with van der Waals surface area (Å²) in [6.07, 6.45) is 2.87. The fraction of sp³-hybridized carbons (Fsp3) is 0.550. The van der Waals surface area contributed by atoms with Gasteiger partial charge in [-0.3, -0.25) is 10.1 Å². The maximum absolute atomic E-state index is 11.9. The van der Waals surface area contributed by atoms with Crippen LogP contribution in [0.5, 0.6) is 0 Å². The zero-order valence-corrected chi connectivity index (χ0v) is 17.0. The van der Waals surface area contributed by atoms with Gasteiger partial charge >= 0.3 is 6.03 Å². The van der Waals surface area contributed by atoms with Crippen molar-refractivity contribution < 1.29 is 14.3 Å². The van der Waals surface area contributed by atoms with E-state index in [1.807, 2.05) is 12.1 Å². The van der Waals surface area contributed by atoms with E-state index >= 15 is 0 Å². The zero-order chi connectivity index (χ0) is 20.4. The van der Waals surface area contributed by atoms with E-state index in [9.17, 15) is 9.59 Å². The number of nitrogens with zero attached hydrogens (tertiary/aromatic N) is 4. The molecule has 1 aromatic heterocycles. The van der Waals surface area contributed by atoms with Gasteiger partial charge in [0.05, 0.1) is 5.69 Å². The second-order valence-corrected chi connectivity index (χ2v) is 7.93. The first-order chi connectivity index (χ1) is 14.0. The van der Waals surface area contributed by atoms with Crippen LogP contribution >= 0.6 is 0 Å². The minimum Gasteiger partial charge on any atom is -0.490 e. The first-order valence-electron chi connectivity index (χ1n) is 10.1. The highest BCUT2D eigenvalue weighted by atomic mass is 16.5. The Morgan fingerprint density at radius 1 is 1.21 bits per heavy atom. The molecule has 1 unspecified atom stereocenters. The number of nitrogens with one attached hydrogen (secondary N) is 2. The van der Waals surface area contributed by atoms with E-state index in [2.05, 4.69) is 39.4 Å². The molecule has 9 nitrogen and oxygen atoms in total. The molecule has 2 N–H and O–H groups in total. The van der Waals surface area contributed by atoms with Crippen molar-refractivity contribution in [2.45, 2.75) is 19.1 Å². The lowest BCUT2D eigenvalue weighted by atomic mass is 10.1. The van der Waals surface area contributed by atoms with Gasteiger partial charge in [-0.15, -0.1) is 0 Å². The minimum atomic E-state index is -0.787. The number of fused-ring (bicyclic) bond motifs is 1. The van der Waals surface area contributed by atoms with Crippen LogP contribution < -0.4 is 15.5 Å². The molecule has 156 valence electrons. The fourth-order valence-electron chi connectivity index (χ4n) is 3.80. The molecule has 29 heavy (non-hydrogen) atoms. The van der Waals surface area contributed by atoms with Crippen molar-refractivity contribution in [1.82, 2.24) is 25.4 Å². The Morgan fingerprint density at radius 2 is 2.07 bits per heavy atom. The summed E-state index contributed by atoms with van der Waals surface area (Å²) in [5.41, 5.74) is 1.77. The van der Waals surface area contributed by atoms with Crippen LogP contribution in [0.1, 0.15) is 17.7 Å². The van der Waals surface area contributed by atoms with E-state index in [1.165, 1.54) is 0 Å². The second-order valence-electron chi connectivity index (χ2n) is 7.93. The summed E-state index contributed by atoms with van der Waals surface area (Å²) < 4.78 is 5.69. The summed E-state index contributed by atoms with van der Waals surface area (Å²) in [6, 6.07) is 2.79. The first kappa shape index (κ1) is 19.7. The van der Waals surface area contributed by atoms with Crippen molar-refractivity contribution in [1.29, 1.82) is 0 Å². The van der Waals surface area contributed by atoms with Crippen molar-refractivity contribution in [2.24, 2.45) is 0 Å². The Hall–Kier alpha value is -2.65. The molecule has 0 bridgehead atoms. The van der Waals surface area contributed by atoms with Crippen molar-refractivity contribution in [3.63, 3.8) is 0 Å². The predicted octanol–water partition coefficient (Wildman–Crippen LogP) is 0.234. The molecule has 3 aliphatic rings. The molecule has 2 saturated heterocycles. The zero-order valence-electron chi connectivity index (χ0n) is 17.0. The van der Waals surface area contributed by atoms with Gasteiger partial charge < -0.3 is 24.8 Å². The number of hydrogen-bond donors (Lipinski definition) is 2. The lowest BCUT2D eigenvalue weighted by Crippen LogP contribution is -2.35. The molecular weight excluding hydrogens is 372 g/mol. The first-order valence-corrected chi connectivity index (χ1v) is 10.1. The quantitative estimate of drug-likeness (QED) is 0.684. The normalized spacial score (nSPS) is 22.5. The number of hydrogen-bond acceptors (Lipinski definition) is 7. The Bertz CT molecular complexity index is 824. The van der Waals surface area contributed by atoms with E-state index < -0.39 is 18.0 Å². The van der Waals surface area contributed by atoms with Gasteiger partial charge in [-0.1, -0.05) is 0 Å². The van der Waals surface area contributed by atoms with E-state index in [0.717, 1.165) is 62.8 Å². The van der Waals surface area contributed by atoms with Crippen LogP contribution in [0.4, 0.5) is 10.6 Å². The number of aromatic nitrogens is 1. The third kappa shape index (κ3) is 4.51. The van der Waals surface area contributed by atoms with Crippen LogP contribution in [0.3, 0.4) is 0 Å². The lowest BCUT2D eigenvalue weighted by Gasteiger charge is -2.25. The summed E-state index contributed by atoms with van der Waals surface area (Å²) in [7, 11) is 4.21. The topological polar surface area (TPSA) is 90.0 Å². The Labute approximate surface area is 170 Å². The highest BCUT2D eigenvalue weighted by molar-refractivity contribution is 6.06. The number of rotatable bonds is 5. The highest BCUT2D eigenvalue weighted by Crippen LogP contribution is 2.26. The second kappa shape index (κ2) is 8.38. The van der Waals surface area contributed by atoms with Crippen molar-refractivity contribution in [3.8, 4) is 0 Å². The maximum atomic E-state index is 11.9. The molecule has 0 spiro atoms. The van der Waals surface area contributed by atoms with Crippen LogP contribution in [0, 0.1) is 0 Å². The minimum absolute atomic E-state index is 0.340. The fourth-order valence-corrected chi connectivity index (χ4v) is 3.80. The van der Waals surface area contributed by atoms with Gasteiger partial charge in [-0.25, -0.2) is 9.78 Å². The van der Waals surface area contributed by atoms with Gasteiger partial charge in [0, 0.05) is 44.4 Å². The van der Waals surface area contributed by atoms with Gasteiger partial charge in [0.1, 0.15) is 18.2 Å². The average molecular weight is 400 g/mol. The number of pyridine rings is 1. The molecule has 1 atom stereocenters. The third-order valence-electron chi connectivity index (χ3n) is 5.51. The molecule has 4 rings (SSSR count). The standard InChI is InChI=1S/C20H28N6O3/c1-24(2)8-9-25-6-3-7-26(11-10-25)17-5-4-14-13-29-16(12-15(14)21-17)18-19(27)23-20(28)22-18/h4-5,12,18H,3,6-11,13H2,1-2H3,(H2,22,23,27,28). The molecule has 2 fully saturated rings. The molecule has 3 aliphatic heterocycles. The molecule has 3 amide bonds. The van der Waals surface area contributed by atoms with E-state index in [-0.39, 0.29) is 0 Å². The summed E-state index contributed by atoms with van der Waals surface area (Å²) >= 11 is 0. The van der Waals surface area contributed by atoms with Gasteiger partial charge in [0.15, 0.2) is 6.04 Å². The number of likely N-dealkylation sites (N-methyl/N-ethyl adjacent to an activating group) is 1. The van der Waals surface area contributed by atoms with Crippen LogP contribution in [-0.2, 0) is 16.1 Å². The van der Waals surface area contributed by atoms with Crippen LogP contribution in [0.25, 0.3) is 6.08 Å². The molecule has 0 saturated carbocycles. The summed E-state index contributed by atoms with van der Waals surface area (Å²) in [6.45, 7) is 6.51. The third-order valence-corrected chi connectivity index (χ3v) is 5.51. The van der Waals surface area contributed by atoms with Crippen LogP contribution in [0.15, 0.2) is 17.9 Å². The number of amides is 3. The molecular formula is C20H28N6O3. The number of imide groups is 1. The number of carbonyl (C=O) groups excluding carboxylic acids is 2. The van der Waals surface area contributed by atoms with E-state index in [1.54, 1.807) is 6.08 Å². The lowest BCUT2D eigenvalue weighted by molar-refractivity contribution is -0.120. The highest BCUT2D eigenvalue weighted by Gasteiger charge is 2.35. The molecule has 9 heteroatoms. The average Bonchev–Trinajstić information content (AvgIpc) is 2.90. The van der Waals surface area contributed by atoms with E-state index in [0.29, 0.717) is 12.4 Å². The van der Waals surface area contributed by atoms with Crippen molar-refractivity contribution >= 4 is 23.8 Å². The maximum Gasteiger partial charge on any atom is 0.322 e. The predicted molar refractivity (Wildman–Crippen MR) is 109 cm³/mol. The Morgan fingerprint density at radius 3 is 2.83 bits per heavy atom. The van der Waals surface area contributed by atoms with Gasteiger partial charge in [0.2, 0.25) is 0 Å². The van der Waals surface area contributed by atoms with Gasteiger partial charge in [-0.05, 0) is 39.2 Å². The largest absolute Gasteiger partial charge is 0.490 e. The van der Waals surface area contributed by atoms with E-state index in [4.69, 9.17) is 9.72 Å². The number of ether oxygens (including phenoxy) is 1. The molecule has 1 aromatic rings. The number of carbonyl (C=O) groups is 2.